The van der Waals surface area contributed by atoms with E-state index in [2.05, 4.69) is 41.4 Å². The first-order valence-corrected chi connectivity index (χ1v) is 8.48. The van der Waals surface area contributed by atoms with Crippen molar-refractivity contribution >= 4 is 11.6 Å². The van der Waals surface area contributed by atoms with Crippen molar-refractivity contribution in [2.75, 3.05) is 11.4 Å². The maximum atomic E-state index is 12.6. The maximum Gasteiger partial charge on any atom is 0.240 e. The number of rotatable bonds is 5. The zero-order chi connectivity index (χ0) is 17.0. The smallest absolute Gasteiger partial charge is 0.240 e. The molecule has 1 aliphatic heterocycles. The van der Waals surface area contributed by atoms with E-state index in [0.29, 0.717) is 12.6 Å². The van der Waals surface area contributed by atoms with Crippen molar-refractivity contribution in [3.63, 3.8) is 0 Å². The number of nitrogens with zero attached hydrogens (tertiary/aromatic N) is 2. The van der Waals surface area contributed by atoms with Crippen molar-refractivity contribution in [3.05, 3.63) is 29.8 Å². The summed E-state index contributed by atoms with van der Waals surface area (Å²) in [6.45, 7) is 8.16. The molecular weight excluding hydrogens is 286 g/mol. The van der Waals surface area contributed by atoms with Crippen molar-refractivity contribution in [3.8, 4) is 6.07 Å². The lowest BCUT2D eigenvalue weighted by molar-refractivity contribution is -0.121. The normalized spacial score (nSPS) is 19.7. The summed E-state index contributed by atoms with van der Waals surface area (Å²) in [6.07, 6.45) is 3.15. The first kappa shape index (κ1) is 17.3. The summed E-state index contributed by atoms with van der Waals surface area (Å²) in [6, 6.07) is 10.9. The highest BCUT2D eigenvalue weighted by molar-refractivity contribution is 5.83. The Morgan fingerprint density at radius 3 is 2.78 bits per heavy atom. The van der Waals surface area contributed by atoms with Gasteiger partial charge in [0.2, 0.25) is 5.91 Å². The molecular formula is C19H27N3O. The third-order valence-corrected chi connectivity index (χ3v) is 5.06. The predicted octanol–water partition coefficient (Wildman–Crippen LogP) is 3.27. The number of fused-ring (bicyclic) bond motifs is 1. The van der Waals surface area contributed by atoms with Gasteiger partial charge in [0, 0.05) is 11.7 Å². The van der Waals surface area contributed by atoms with Crippen LogP contribution in [0.5, 0.6) is 0 Å². The molecule has 0 unspecified atom stereocenters. The van der Waals surface area contributed by atoms with E-state index < -0.39 is 5.54 Å². The van der Waals surface area contributed by atoms with Crippen molar-refractivity contribution in [2.45, 2.75) is 58.5 Å². The molecule has 1 aliphatic rings. The Labute approximate surface area is 139 Å². The Bertz CT molecular complexity index is 605. The molecule has 1 aromatic rings. The van der Waals surface area contributed by atoms with Gasteiger partial charge in [-0.2, -0.15) is 5.26 Å². The predicted molar refractivity (Wildman–Crippen MR) is 93.2 cm³/mol. The summed E-state index contributed by atoms with van der Waals surface area (Å²) in [4.78, 5) is 14.8. The highest BCUT2D eigenvalue weighted by atomic mass is 16.2. The Morgan fingerprint density at radius 1 is 1.48 bits per heavy atom. The van der Waals surface area contributed by atoms with Crippen LogP contribution in [0.3, 0.4) is 0 Å². The second kappa shape index (κ2) is 7.04. The van der Waals surface area contributed by atoms with Gasteiger partial charge in [-0.25, -0.2) is 0 Å². The average molecular weight is 313 g/mol. The maximum absolute atomic E-state index is 12.6. The van der Waals surface area contributed by atoms with E-state index in [1.807, 2.05) is 19.9 Å². The van der Waals surface area contributed by atoms with Crippen LogP contribution >= 0.6 is 0 Å². The van der Waals surface area contributed by atoms with Gasteiger partial charge in [0.1, 0.15) is 5.54 Å². The lowest BCUT2D eigenvalue weighted by Crippen LogP contribution is -2.53. The molecule has 0 spiro atoms. The van der Waals surface area contributed by atoms with Crippen LogP contribution < -0.4 is 10.2 Å². The SMILES string of the molecule is CC[C@@H]1CCc2ccccc2N1CC(=O)N[C@](C)(C#N)C(C)C. The number of carbonyl (C=O) groups is 1. The van der Waals surface area contributed by atoms with E-state index in [9.17, 15) is 10.1 Å². The molecule has 2 atom stereocenters. The number of amides is 1. The van der Waals surface area contributed by atoms with Crippen molar-refractivity contribution in [2.24, 2.45) is 5.92 Å². The molecule has 1 N–H and O–H groups in total. The third kappa shape index (κ3) is 3.67. The van der Waals surface area contributed by atoms with Crippen molar-refractivity contribution in [1.82, 2.24) is 5.32 Å². The second-order valence-corrected chi connectivity index (χ2v) is 6.87. The fourth-order valence-electron chi connectivity index (χ4n) is 3.10. The van der Waals surface area contributed by atoms with Crippen molar-refractivity contribution in [1.29, 1.82) is 5.26 Å². The molecule has 0 aliphatic carbocycles. The van der Waals surface area contributed by atoms with Gasteiger partial charge in [0.05, 0.1) is 12.6 Å². The minimum Gasteiger partial charge on any atom is -0.359 e. The number of hydrogen-bond donors (Lipinski definition) is 1. The summed E-state index contributed by atoms with van der Waals surface area (Å²) in [5.74, 6) is -0.0232. The molecule has 0 aromatic heterocycles. The van der Waals surface area contributed by atoms with E-state index >= 15 is 0 Å². The van der Waals surface area contributed by atoms with E-state index in [4.69, 9.17) is 0 Å². The standard InChI is InChI=1S/C19H27N3O/c1-5-16-11-10-15-8-6-7-9-17(15)22(16)12-18(23)21-19(4,13-20)14(2)3/h6-9,14,16H,5,10-12H2,1-4H3,(H,21,23)/t16-,19-/m1/s1. The average Bonchev–Trinajstić information content (AvgIpc) is 2.54. The molecule has 1 aromatic carbocycles. The number of nitriles is 1. The number of carbonyl (C=O) groups excluding carboxylic acids is 1. The molecule has 4 heteroatoms. The molecule has 0 fully saturated rings. The minimum atomic E-state index is -0.825. The zero-order valence-corrected chi connectivity index (χ0v) is 14.6. The summed E-state index contributed by atoms with van der Waals surface area (Å²) >= 11 is 0. The molecule has 4 nitrogen and oxygen atoms in total. The van der Waals surface area contributed by atoms with Gasteiger partial charge in [-0.3, -0.25) is 4.79 Å². The number of anilines is 1. The largest absolute Gasteiger partial charge is 0.359 e. The van der Waals surface area contributed by atoms with Gasteiger partial charge in [-0.1, -0.05) is 39.0 Å². The van der Waals surface area contributed by atoms with Crippen LogP contribution in [0.15, 0.2) is 24.3 Å². The Hall–Kier alpha value is -2.02. The number of para-hydroxylation sites is 1. The van der Waals surface area contributed by atoms with Crippen LogP contribution in [0.1, 0.15) is 46.1 Å². The Kier molecular flexibility index (Phi) is 5.30. The van der Waals surface area contributed by atoms with Crippen LogP contribution in [0.2, 0.25) is 0 Å². The third-order valence-electron chi connectivity index (χ3n) is 5.06. The molecule has 0 saturated heterocycles. The molecule has 0 saturated carbocycles. The van der Waals surface area contributed by atoms with E-state index in [0.717, 1.165) is 24.9 Å². The van der Waals surface area contributed by atoms with Gasteiger partial charge in [-0.15, -0.1) is 0 Å². The molecule has 1 heterocycles. The highest BCUT2D eigenvalue weighted by Gasteiger charge is 2.32. The second-order valence-electron chi connectivity index (χ2n) is 6.87. The highest BCUT2D eigenvalue weighted by Crippen LogP contribution is 2.31. The molecule has 0 bridgehead atoms. The quantitative estimate of drug-likeness (QED) is 0.907. The van der Waals surface area contributed by atoms with Crippen LogP contribution in [0.4, 0.5) is 5.69 Å². The minimum absolute atomic E-state index is 0.0621. The molecule has 23 heavy (non-hydrogen) atoms. The van der Waals surface area contributed by atoms with Gasteiger partial charge in [0.15, 0.2) is 0 Å². The number of aryl methyl sites for hydroxylation is 1. The topological polar surface area (TPSA) is 56.1 Å². The fraction of sp³-hybridized carbons (Fsp3) is 0.579. The van der Waals surface area contributed by atoms with Crippen molar-refractivity contribution < 1.29 is 4.79 Å². The first-order valence-electron chi connectivity index (χ1n) is 8.48. The van der Waals surface area contributed by atoms with Crippen LogP contribution in [0.25, 0.3) is 0 Å². The first-order chi connectivity index (χ1) is 10.9. The number of nitrogens with one attached hydrogen (secondary N) is 1. The summed E-state index contributed by atoms with van der Waals surface area (Å²) in [5.41, 5.74) is 1.63. The van der Waals surface area contributed by atoms with Gasteiger partial charge >= 0.3 is 0 Å². The van der Waals surface area contributed by atoms with Crippen LogP contribution in [0, 0.1) is 17.2 Å². The van der Waals surface area contributed by atoms with Gasteiger partial charge < -0.3 is 10.2 Å². The Balaban J connectivity index is 2.17. The fourth-order valence-corrected chi connectivity index (χ4v) is 3.10. The molecule has 1 amide bonds. The van der Waals surface area contributed by atoms with Crippen LogP contribution in [-0.2, 0) is 11.2 Å². The molecule has 2 rings (SSSR count). The van der Waals surface area contributed by atoms with E-state index in [1.54, 1.807) is 6.92 Å². The summed E-state index contributed by atoms with van der Waals surface area (Å²) in [7, 11) is 0. The van der Waals surface area contributed by atoms with E-state index in [1.165, 1.54) is 5.56 Å². The van der Waals surface area contributed by atoms with E-state index in [-0.39, 0.29) is 11.8 Å². The van der Waals surface area contributed by atoms with Crippen LogP contribution in [-0.4, -0.2) is 24.0 Å². The zero-order valence-electron chi connectivity index (χ0n) is 14.6. The summed E-state index contributed by atoms with van der Waals surface area (Å²) < 4.78 is 0. The lowest BCUT2D eigenvalue weighted by atomic mass is 9.90. The summed E-state index contributed by atoms with van der Waals surface area (Å²) in [5, 5.41) is 12.3. The monoisotopic (exact) mass is 313 g/mol. The van der Waals surface area contributed by atoms with Gasteiger partial charge in [-0.05, 0) is 43.7 Å². The number of hydrogen-bond acceptors (Lipinski definition) is 3. The molecule has 124 valence electrons. The lowest BCUT2D eigenvalue weighted by Gasteiger charge is -2.39. The number of benzene rings is 1. The Morgan fingerprint density at radius 2 is 2.17 bits per heavy atom. The molecule has 0 radical (unpaired) electrons. The van der Waals surface area contributed by atoms with Gasteiger partial charge in [0.25, 0.3) is 0 Å².